The molecule has 1 N–H and O–H groups in total. The van der Waals surface area contributed by atoms with E-state index in [-0.39, 0.29) is 36.6 Å². The second-order valence-electron chi connectivity index (χ2n) is 7.10. The molecule has 4 amide bonds. The Hall–Kier alpha value is -3.11. The largest absolute Gasteiger partial charge is 0.383 e. The van der Waals surface area contributed by atoms with Gasteiger partial charge in [0.25, 0.3) is 11.8 Å². The minimum atomic E-state index is -0.446. The molecule has 0 bridgehead atoms. The van der Waals surface area contributed by atoms with Crippen molar-refractivity contribution in [2.45, 2.75) is 13.0 Å². The fraction of sp³-hybridized carbons (Fsp3) is 0.350. The summed E-state index contributed by atoms with van der Waals surface area (Å²) in [6.45, 7) is 1.32. The number of amides is 4. The van der Waals surface area contributed by atoms with Crippen LogP contribution < -0.4 is 5.32 Å². The maximum absolute atomic E-state index is 12.5. The van der Waals surface area contributed by atoms with Gasteiger partial charge in [-0.1, -0.05) is 23.5 Å². The average molecular weight is 428 g/mol. The van der Waals surface area contributed by atoms with E-state index in [2.05, 4.69) is 10.3 Å². The molecule has 10 heteroatoms. The van der Waals surface area contributed by atoms with Gasteiger partial charge >= 0.3 is 0 Å². The Bertz CT molecular complexity index is 985. The highest BCUT2D eigenvalue weighted by Crippen LogP contribution is 2.27. The number of carbonyl (C=O) groups excluding carboxylic acids is 4. The highest BCUT2D eigenvalue weighted by Gasteiger charge is 2.36. The zero-order chi connectivity index (χ0) is 21.3. The quantitative estimate of drug-likeness (QED) is 0.668. The third kappa shape index (κ3) is 3.83. The lowest BCUT2D eigenvalue weighted by molar-refractivity contribution is -0.128. The van der Waals surface area contributed by atoms with E-state index in [0.29, 0.717) is 40.8 Å². The molecule has 1 unspecified atom stereocenters. The maximum atomic E-state index is 12.5. The van der Waals surface area contributed by atoms with Gasteiger partial charge in [-0.05, 0) is 12.1 Å². The molecule has 1 aromatic heterocycles. The molecule has 0 radical (unpaired) electrons. The number of anilines is 1. The highest BCUT2D eigenvalue weighted by molar-refractivity contribution is 7.15. The van der Waals surface area contributed by atoms with Gasteiger partial charge in [0.1, 0.15) is 0 Å². The topological polar surface area (TPSA) is 109 Å². The van der Waals surface area contributed by atoms with Crippen LogP contribution in [0.3, 0.4) is 0 Å². The number of nitrogens with zero attached hydrogens (tertiary/aromatic N) is 3. The molecule has 2 aliphatic heterocycles. The first-order valence-electron chi connectivity index (χ1n) is 9.45. The van der Waals surface area contributed by atoms with Crippen molar-refractivity contribution < 1.29 is 23.9 Å². The van der Waals surface area contributed by atoms with Crippen LogP contribution in [-0.2, 0) is 20.9 Å². The lowest BCUT2D eigenvalue weighted by Crippen LogP contribution is -2.30. The Kier molecular flexibility index (Phi) is 5.60. The molecule has 0 aliphatic carbocycles. The van der Waals surface area contributed by atoms with Crippen LogP contribution in [0, 0.1) is 5.92 Å². The molecule has 0 spiro atoms. The Labute approximate surface area is 176 Å². The molecule has 2 aliphatic rings. The van der Waals surface area contributed by atoms with Crippen LogP contribution in [0.15, 0.2) is 30.5 Å². The van der Waals surface area contributed by atoms with Gasteiger partial charge in [-0.2, -0.15) is 0 Å². The summed E-state index contributed by atoms with van der Waals surface area (Å²) in [6, 6.07) is 6.70. The minimum absolute atomic E-state index is 0.0716. The second kappa shape index (κ2) is 8.33. The molecule has 3 heterocycles. The molecule has 1 atom stereocenters. The number of hydrogen-bond donors (Lipinski definition) is 1. The summed E-state index contributed by atoms with van der Waals surface area (Å²) >= 11 is 1.20. The second-order valence-corrected chi connectivity index (χ2v) is 8.21. The lowest BCUT2D eigenvalue weighted by atomic mass is 10.1. The fourth-order valence-electron chi connectivity index (χ4n) is 3.55. The number of methoxy groups -OCH3 is 1. The van der Waals surface area contributed by atoms with Crippen molar-refractivity contribution in [1.29, 1.82) is 0 Å². The molecule has 4 rings (SSSR count). The minimum Gasteiger partial charge on any atom is -0.383 e. The smallest absolute Gasteiger partial charge is 0.261 e. The molecule has 9 nitrogen and oxygen atoms in total. The van der Waals surface area contributed by atoms with Crippen LogP contribution in [-0.4, -0.2) is 65.2 Å². The number of benzene rings is 1. The highest BCUT2D eigenvalue weighted by atomic mass is 32.1. The van der Waals surface area contributed by atoms with E-state index in [9.17, 15) is 19.2 Å². The standard InChI is InChI=1S/C20H20N4O5S/c1-29-7-6-23-10-12(8-16(23)25)17(26)22-20-21-9-13(30-20)11-24-18(27)14-4-2-3-5-15(14)19(24)28/h2-5,9,12H,6-8,10-11H2,1H3,(H,21,22,26). The average Bonchev–Trinajstić information content (AvgIpc) is 3.41. The van der Waals surface area contributed by atoms with Crippen molar-refractivity contribution in [3.63, 3.8) is 0 Å². The number of rotatable bonds is 7. The number of carbonyl (C=O) groups is 4. The van der Waals surface area contributed by atoms with Crippen molar-refractivity contribution >= 4 is 40.1 Å². The van der Waals surface area contributed by atoms with Gasteiger partial charge in [-0.3, -0.25) is 24.1 Å². The third-order valence-corrected chi connectivity index (χ3v) is 6.02. The molecule has 1 fully saturated rings. The van der Waals surface area contributed by atoms with Gasteiger partial charge in [0.2, 0.25) is 11.8 Å². The van der Waals surface area contributed by atoms with Crippen molar-refractivity contribution in [2.75, 3.05) is 32.1 Å². The van der Waals surface area contributed by atoms with Crippen LogP contribution in [0.25, 0.3) is 0 Å². The Morgan fingerprint density at radius 2 is 1.93 bits per heavy atom. The van der Waals surface area contributed by atoms with Gasteiger partial charge in [0, 0.05) is 37.7 Å². The van der Waals surface area contributed by atoms with Gasteiger partial charge in [0.05, 0.1) is 30.2 Å². The van der Waals surface area contributed by atoms with Crippen LogP contribution in [0.2, 0.25) is 0 Å². The summed E-state index contributed by atoms with van der Waals surface area (Å²) in [6.07, 6.45) is 1.69. The molecule has 156 valence electrons. The van der Waals surface area contributed by atoms with Crippen molar-refractivity contribution in [1.82, 2.24) is 14.8 Å². The van der Waals surface area contributed by atoms with E-state index in [0.717, 1.165) is 0 Å². The SMILES string of the molecule is COCCN1CC(C(=O)Nc2ncc(CN3C(=O)c4ccccc4C3=O)s2)CC1=O. The van der Waals surface area contributed by atoms with E-state index in [1.165, 1.54) is 22.4 Å². The van der Waals surface area contributed by atoms with Crippen molar-refractivity contribution in [3.8, 4) is 0 Å². The monoisotopic (exact) mass is 428 g/mol. The summed E-state index contributed by atoms with van der Waals surface area (Å²) in [7, 11) is 1.56. The number of imide groups is 1. The number of thiazole rings is 1. The summed E-state index contributed by atoms with van der Waals surface area (Å²) in [4.78, 5) is 57.1. The van der Waals surface area contributed by atoms with E-state index in [1.807, 2.05) is 0 Å². The molecule has 1 saturated heterocycles. The molecular formula is C20H20N4O5S. The first kappa shape index (κ1) is 20.2. The Balaban J connectivity index is 1.36. The number of likely N-dealkylation sites (tertiary alicyclic amines) is 1. The zero-order valence-corrected chi connectivity index (χ0v) is 17.1. The van der Waals surface area contributed by atoms with Gasteiger partial charge in [-0.25, -0.2) is 4.98 Å². The predicted molar refractivity (Wildman–Crippen MR) is 108 cm³/mol. The number of aromatic nitrogens is 1. The Morgan fingerprint density at radius 1 is 1.23 bits per heavy atom. The van der Waals surface area contributed by atoms with Gasteiger partial charge < -0.3 is 15.0 Å². The van der Waals surface area contributed by atoms with E-state index < -0.39 is 5.92 Å². The first-order valence-corrected chi connectivity index (χ1v) is 10.3. The van der Waals surface area contributed by atoms with Crippen molar-refractivity contribution in [3.05, 3.63) is 46.5 Å². The fourth-order valence-corrected chi connectivity index (χ4v) is 4.35. The van der Waals surface area contributed by atoms with E-state index >= 15 is 0 Å². The van der Waals surface area contributed by atoms with Crippen molar-refractivity contribution in [2.24, 2.45) is 5.92 Å². The molecule has 1 aromatic carbocycles. The normalized spacial score (nSPS) is 18.3. The molecule has 2 aromatic rings. The van der Waals surface area contributed by atoms with Crippen LogP contribution in [0.4, 0.5) is 5.13 Å². The number of nitrogens with one attached hydrogen (secondary N) is 1. The van der Waals surface area contributed by atoms with Crippen LogP contribution >= 0.6 is 11.3 Å². The van der Waals surface area contributed by atoms with Gasteiger partial charge in [-0.15, -0.1) is 0 Å². The van der Waals surface area contributed by atoms with E-state index in [4.69, 9.17) is 4.74 Å². The summed E-state index contributed by atoms with van der Waals surface area (Å²) in [5.41, 5.74) is 0.786. The number of hydrogen-bond acceptors (Lipinski definition) is 7. The zero-order valence-electron chi connectivity index (χ0n) is 16.3. The van der Waals surface area contributed by atoms with E-state index in [1.54, 1.807) is 36.3 Å². The summed E-state index contributed by atoms with van der Waals surface area (Å²) in [5.74, 6) is -1.47. The summed E-state index contributed by atoms with van der Waals surface area (Å²) < 4.78 is 4.98. The van der Waals surface area contributed by atoms with Crippen LogP contribution in [0.1, 0.15) is 32.0 Å². The Morgan fingerprint density at radius 3 is 2.60 bits per heavy atom. The molecular weight excluding hydrogens is 408 g/mol. The summed E-state index contributed by atoms with van der Waals surface area (Å²) in [5, 5.41) is 3.11. The third-order valence-electron chi connectivity index (χ3n) is 5.13. The first-order chi connectivity index (χ1) is 14.5. The maximum Gasteiger partial charge on any atom is 0.261 e. The number of ether oxygens (including phenoxy) is 1. The predicted octanol–water partition coefficient (Wildman–Crippen LogP) is 1.37. The lowest BCUT2D eigenvalue weighted by Gasteiger charge is -2.15. The molecule has 0 saturated carbocycles. The van der Waals surface area contributed by atoms with Crippen LogP contribution in [0.5, 0.6) is 0 Å². The molecule has 30 heavy (non-hydrogen) atoms. The number of fused-ring (bicyclic) bond motifs is 1. The van der Waals surface area contributed by atoms with Gasteiger partial charge in [0.15, 0.2) is 5.13 Å².